The van der Waals surface area contributed by atoms with Gasteiger partial charge in [-0.1, -0.05) is 11.6 Å². The molecule has 0 amide bonds. The summed E-state index contributed by atoms with van der Waals surface area (Å²) < 4.78 is 5.79. The molecule has 0 saturated carbocycles. The van der Waals surface area contributed by atoms with Gasteiger partial charge >= 0.3 is 0 Å². The highest BCUT2D eigenvalue weighted by atomic mass is 35.5. The number of benzene rings is 1. The molecule has 3 rings (SSSR count). The van der Waals surface area contributed by atoms with Crippen molar-refractivity contribution in [3.05, 3.63) is 28.3 Å². The van der Waals surface area contributed by atoms with Gasteiger partial charge in [0.1, 0.15) is 5.75 Å². The Morgan fingerprint density at radius 1 is 1.47 bits per heavy atom. The Kier molecular flexibility index (Phi) is 3.96. The highest BCUT2D eigenvalue weighted by Gasteiger charge is 2.26. The van der Waals surface area contributed by atoms with E-state index in [4.69, 9.17) is 16.3 Å². The van der Waals surface area contributed by atoms with Crippen molar-refractivity contribution in [2.24, 2.45) is 0 Å². The van der Waals surface area contributed by atoms with E-state index in [9.17, 15) is 0 Å². The molecule has 1 aromatic rings. The van der Waals surface area contributed by atoms with Crippen molar-refractivity contribution >= 4 is 11.6 Å². The van der Waals surface area contributed by atoms with Crippen molar-refractivity contribution in [1.82, 2.24) is 10.2 Å². The molecule has 0 radical (unpaired) electrons. The molecule has 19 heavy (non-hydrogen) atoms. The van der Waals surface area contributed by atoms with Crippen LogP contribution in [-0.2, 0) is 13.0 Å². The van der Waals surface area contributed by atoms with E-state index in [0.717, 1.165) is 36.9 Å². The lowest BCUT2D eigenvalue weighted by Crippen LogP contribution is -2.36. The maximum atomic E-state index is 6.23. The van der Waals surface area contributed by atoms with E-state index < -0.39 is 0 Å². The number of likely N-dealkylation sites (N-methyl/N-ethyl adjacent to an activating group) is 1. The second kappa shape index (κ2) is 5.70. The Balaban J connectivity index is 1.79. The number of rotatable bonds is 4. The highest BCUT2D eigenvalue weighted by molar-refractivity contribution is 6.30. The van der Waals surface area contributed by atoms with E-state index in [1.54, 1.807) is 0 Å². The quantitative estimate of drug-likeness (QED) is 0.917. The van der Waals surface area contributed by atoms with Crippen LogP contribution in [0, 0.1) is 0 Å². The molecular weight excluding hydrogens is 260 g/mol. The van der Waals surface area contributed by atoms with Gasteiger partial charge in [-0.05, 0) is 44.1 Å². The molecule has 1 aromatic carbocycles. The molecule has 0 spiro atoms. The van der Waals surface area contributed by atoms with Crippen LogP contribution in [-0.4, -0.2) is 37.7 Å². The van der Waals surface area contributed by atoms with Crippen LogP contribution in [0.1, 0.15) is 24.0 Å². The van der Waals surface area contributed by atoms with Crippen LogP contribution in [0.3, 0.4) is 0 Å². The highest BCUT2D eigenvalue weighted by Crippen LogP contribution is 2.34. The molecule has 0 aromatic heterocycles. The van der Waals surface area contributed by atoms with Gasteiger partial charge in [-0.15, -0.1) is 0 Å². The Hall–Kier alpha value is -0.770. The molecule has 4 heteroatoms. The Labute approximate surface area is 119 Å². The molecule has 1 atom stereocenters. The number of ether oxygens (including phenoxy) is 1. The summed E-state index contributed by atoms with van der Waals surface area (Å²) in [6.07, 6.45) is 3.56. The normalized spacial score (nSPS) is 22.5. The van der Waals surface area contributed by atoms with Crippen LogP contribution in [0.4, 0.5) is 0 Å². The van der Waals surface area contributed by atoms with Crippen molar-refractivity contribution < 1.29 is 4.74 Å². The minimum Gasteiger partial charge on any atom is -0.493 e. The zero-order valence-corrected chi connectivity index (χ0v) is 12.2. The smallest absolute Gasteiger partial charge is 0.127 e. The van der Waals surface area contributed by atoms with Crippen LogP contribution in [0.15, 0.2) is 12.1 Å². The number of likely N-dealkylation sites (tertiary alicyclic amines) is 1. The van der Waals surface area contributed by atoms with Crippen LogP contribution in [0.5, 0.6) is 5.75 Å². The topological polar surface area (TPSA) is 24.5 Å². The van der Waals surface area contributed by atoms with Crippen molar-refractivity contribution in [3.63, 3.8) is 0 Å². The van der Waals surface area contributed by atoms with Gasteiger partial charge in [0, 0.05) is 36.1 Å². The first-order valence-electron chi connectivity index (χ1n) is 7.10. The minimum absolute atomic E-state index is 0.640. The number of hydrogen-bond acceptors (Lipinski definition) is 3. The average Bonchev–Trinajstić information content (AvgIpc) is 2.99. The predicted molar refractivity (Wildman–Crippen MR) is 78.0 cm³/mol. The Bertz CT molecular complexity index is 464. The number of nitrogens with zero attached hydrogens (tertiary/aromatic N) is 1. The van der Waals surface area contributed by atoms with Gasteiger partial charge in [-0.25, -0.2) is 0 Å². The third-order valence-corrected chi connectivity index (χ3v) is 4.36. The third-order valence-electron chi connectivity index (χ3n) is 4.14. The zero-order valence-electron chi connectivity index (χ0n) is 11.4. The molecule has 0 aliphatic carbocycles. The van der Waals surface area contributed by atoms with Gasteiger partial charge < -0.3 is 10.1 Å². The fourth-order valence-electron chi connectivity index (χ4n) is 3.25. The maximum Gasteiger partial charge on any atom is 0.127 e. The van der Waals surface area contributed by atoms with E-state index in [1.807, 2.05) is 13.1 Å². The van der Waals surface area contributed by atoms with Crippen molar-refractivity contribution in [3.8, 4) is 5.75 Å². The predicted octanol–water partition coefficient (Wildman–Crippen LogP) is 2.46. The Morgan fingerprint density at radius 3 is 3.21 bits per heavy atom. The monoisotopic (exact) mass is 280 g/mol. The SMILES string of the molecule is CNCC1CCCN1Cc1cc(Cl)cc2c1OCC2. The number of halogens is 1. The van der Waals surface area contributed by atoms with Gasteiger partial charge in [-0.2, -0.15) is 0 Å². The lowest BCUT2D eigenvalue weighted by Gasteiger charge is -2.25. The average molecular weight is 281 g/mol. The maximum absolute atomic E-state index is 6.23. The standard InChI is InChI=1S/C15H21ClN2O/c1-17-9-14-3-2-5-18(14)10-12-8-13(16)7-11-4-6-19-15(11)12/h7-8,14,17H,2-6,9-10H2,1H3. The third kappa shape index (κ3) is 2.73. The molecule has 0 bridgehead atoms. The van der Waals surface area contributed by atoms with Crippen LogP contribution < -0.4 is 10.1 Å². The van der Waals surface area contributed by atoms with E-state index in [-0.39, 0.29) is 0 Å². The summed E-state index contributed by atoms with van der Waals surface area (Å²) in [4.78, 5) is 2.55. The van der Waals surface area contributed by atoms with Crippen molar-refractivity contribution in [1.29, 1.82) is 0 Å². The number of fused-ring (bicyclic) bond motifs is 1. The molecule has 3 nitrogen and oxygen atoms in total. The molecule has 2 aliphatic heterocycles. The van der Waals surface area contributed by atoms with Gasteiger partial charge in [0.2, 0.25) is 0 Å². The zero-order chi connectivity index (χ0) is 13.2. The molecule has 1 fully saturated rings. The molecule has 104 valence electrons. The summed E-state index contributed by atoms with van der Waals surface area (Å²) in [6, 6.07) is 4.75. The van der Waals surface area contributed by atoms with Crippen LogP contribution in [0.25, 0.3) is 0 Å². The first-order valence-corrected chi connectivity index (χ1v) is 7.48. The van der Waals surface area contributed by atoms with Crippen LogP contribution in [0.2, 0.25) is 5.02 Å². The van der Waals surface area contributed by atoms with Crippen molar-refractivity contribution in [2.45, 2.75) is 31.8 Å². The van der Waals surface area contributed by atoms with E-state index in [1.165, 1.54) is 30.5 Å². The van der Waals surface area contributed by atoms with Gasteiger partial charge in [0.25, 0.3) is 0 Å². The lowest BCUT2D eigenvalue weighted by atomic mass is 10.1. The number of nitrogens with one attached hydrogen (secondary N) is 1. The molecule has 1 saturated heterocycles. The molecule has 2 aliphatic rings. The second-order valence-electron chi connectivity index (χ2n) is 5.48. The second-order valence-corrected chi connectivity index (χ2v) is 5.91. The summed E-state index contributed by atoms with van der Waals surface area (Å²) in [6.45, 7) is 3.98. The first-order chi connectivity index (χ1) is 9.28. The summed E-state index contributed by atoms with van der Waals surface area (Å²) in [5, 5.41) is 4.13. The van der Waals surface area contributed by atoms with E-state index >= 15 is 0 Å². The molecule has 1 N–H and O–H groups in total. The van der Waals surface area contributed by atoms with Crippen molar-refractivity contribution in [2.75, 3.05) is 26.7 Å². The minimum atomic E-state index is 0.640. The van der Waals surface area contributed by atoms with E-state index in [0.29, 0.717) is 6.04 Å². The lowest BCUT2D eigenvalue weighted by molar-refractivity contribution is 0.238. The summed E-state index contributed by atoms with van der Waals surface area (Å²) >= 11 is 6.23. The molecular formula is C15H21ClN2O. The van der Waals surface area contributed by atoms with Gasteiger partial charge in [0.15, 0.2) is 0 Å². The largest absolute Gasteiger partial charge is 0.493 e. The summed E-state index contributed by atoms with van der Waals surface area (Å²) in [7, 11) is 2.02. The number of hydrogen-bond donors (Lipinski definition) is 1. The molecule has 2 heterocycles. The first kappa shape index (κ1) is 13.2. The van der Waals surface area contributed by atoms with E-state index in [2.05, 4.69) is 16.3 Å². The Morgan fingerprint density at radius 2 is 2.37 bits per heavy atom. The fourth-order valence-corrected chi connectivity index (χ4v) is 3.52. The molecule has 1 unspecified atom stereocenters. The van der Waals surface area contributed by atoms with Crippen LogP contribution >= 0.6 is 11.6 Å². The van der Waals surface area contributed by atoms with Gasteiger partial charge in [0.05, 0.1) is 6.61 Å². The summed E-state index contributed by atoms with van der Waals surface area (Å²) in [5.74, 6) is 1.08. The van der Waals surface area contributed by atoms with Gasteiger partial charge in [-0.3, -0.25) is 4.90 Å². The summed E-state index contributed by atoms with van der Waals surface area (Å²) in [5.41, 5.74) is 2.52. The fraction of sp³-hybridized carbons (Fsp3) is 0.600.